The number of amides is 1. The van der Waals surface area contributed by atoms with E-state index in [2.05, 4.69) is 10.6 Å². The summed E-state index contributed by atoms with van der Waals surface area (Å²) in [5, 5.41) is 6.11. The molecule has 0 aliphatic heterocycles. The van der Waals surface area contributed by atoms with Gasteiger partial charge in [0.2, 0.25) is 0 Å². The van der Waals surface area contributed by atoms with Crippen molar-refractivity contribution in [3.8, 4) is 11.5 Å². The average molecular weight is 427 g/mol. The third-order valence-electron chi connectivity index (χ3n) is 3.82. The summed E-state index contributed by atoms with van der Waals surface area (Å²) in [6.07, 6.45) is 0. The predicted molar refractivity (Wildman–Crippen MR) is 119 cm³/mol. The van der Waals surface area contributed by atoms with Crippen LogP contribution in [0.2, 0.25) is 5.02 Å². The second kappa shape index (κ2) is 10.5. The molecule has 0 saturated carbocycles. The Hall–Kier alpha value is -3.09. The van der Waals surface area contributed by atoms with Crippen molar-refractivity contribution in [2.45, 2.75) is 0 Å². The standard InChI is InChI=1S/C22H19ClN2O3S/c23-20-9-5-4-8-19(20)21(26)25-22(29)24-16-10-12-18(13-11-16)28-15-14-27-17-6-2-1-3-7-17/h1-13H,14-15H2,(H2,24,25,26,29). The van der Waals surface area contributed by atoms with E-state index in [1.54, 1.807) is 36.4 Å². The minimum absolute atomic E-state index is 0.180. The fourth-order valence-corrected chi connectivity index (χ4v) is 2.88. The van der Waals surface area contributed by atoms with Gasteiger partial charge in [-0.25, -0.2) is 0 Å². The third-order valence-corrected chi connectivity index (χ3v) is 4.36. The highest BCUT2D eigenvalue weighted by atomic mass is 35.5. The number of ether oxygens (including phenoxy) is 2. The van der Waals surface area contributed by atoms with E-state index in [0.29, 0.717) is 29.5 Å². The van der Waals surface area contributed by atoms with Crippen LogP contribution in [0.4, 0.5) is 5.69 Å². The van der Waals surface area contributed by atoms with Crippen LogP contribution in [0.3, 0.4) is 0 Å². The summed E-state index contributed by atoms with van der Waals surface area (Å²) in [7, 11) is 0. The topological polar surface area (TPSA) is 59.6 Å². The zero-order valence-corrected chi connectivity index (χ0v) is 17.0. The molecule has 0 saturated heterocycles. The van der Waals surface area contributed by atoms with Gasteiger partial charge in [0.15, 0.2) is 5.11 Å². The Labute approximate surface area is 179 Å². The van der Waals surface area contributed by atoms with Crippen LogP contribution in [-0.4, -0.2) is 24.2 Å². The molecule has 3 aromatic carbocycles. The van der Waals surface area contributed by atoms with Gasteiger partial charge in [0.25, 0.3) is 5.91 Å². The molecule has 0 fully saturated rings. The van der Waals surface area contributed by atoms with Crippen molar-refractivity contribution in [3.63, 3.8) is 0 Å². The van der Waals surface area contributed by atoms with Gasteiger partial charge in [-0.3, -0.25) is 10.1 Å². The summed E-state index contributed by atoms with van der Waals surface area (Å²) in [5.74, 6) is 1.15. The number of hydrogen-bond donors (Lipinski definition) is 2. The number of anilines is 1. The first-order valence-electron chi connectivity index (χ1n) is 8.89. The van der Waals surface area contributed by atoms with Gasteiger partial charge in [0.05, 0.1) is 10.6 Å². The molecule has 2 N–H and O–H groups in total. The number of carbonyl (C=O) groups is 1. The zero-order chi connectivity index (χ0) is 20.5. The average Bonchev–Trinajstić information content (AvgIpc) is 2.73. The molecule has 29 heavy (non-hydrogen) atoms. The Morgan fingerprint density at radius 2 is 1.41 bits per heavy atom. The highest BCUT2D eigenvalue weighted by Gasteiger charge is 2.11. The lowest BCUT2D eigenvalue weighted by Crippen LogP contribution is -2.34. The molecule has 0 unspecified atom stereocenters. The monoisotopic (exact) mass is 426 g/mol. The summed E-state index contributed by atoms with van der Waals surface area (Å²) >= 11 is 11.2. The van der Waals surface area contributed by atoms with Crippen molar-refractivity contribution in [2.75, 3.05) is 18.5 Å². The summed E-state index contributed by atoms with van der Waals surface area (Å²) in [4.78, 5) is 12.2. The van der Waals surface area contributed by atoms with E-state index >= 15 is 0 Å². The SMILES string of the molecule is O=C(NC(=S)Nc1ccc(OCCOc2ccccc2)cc1)c1ccccc1Cl. The number of thiocarbonyl (C=S) groups is 1. The molecule has 0 bridgehead atoms. The first-order valence-corrected chi connectivity index (χ1v) is 9.68. The van der Waals surface area contributed by atoms with E-state index < -0.39 is 0 Å². The fourth-order valence-electron chi connectivity index (χ4n) is 2.45. The van der Waals surface area contributed by atoms with Gasteiger partial charge in [-0.15, -0.1) is 0 Å². The van der Waals surface area contributed by atoms with Crippen molar-refractivity contribution in [2.24, 2.45) is 0 Å². The Morgan fingerprint density at radius 3 is 2.07 bits per heavy atom. The largest absolute Gasteiger partial charge is 0.490 e. The van der Waals surface area contributed by atoms with Crippen molar-refractivity contribution >= 4 is 40.5 Å². The minimum Gasteiger partial charge on any atom is -0.490 e. The van der Waals surface area contributed by atoms with Gasteiger partial charge in [-0.05, 0) is 60.7 Å². The zero-order valence-electron chi connectivity index (χ0n) is 15.4. The lowest BCUT2D eigenvalue weighted by atomic mass is 10.2. The fraction of sp³-hybridized carbons (Fsp3) is 0.0909. The van der Waals surface area contributed by atoms with Crippen LogP contribution < -0.4 is 20.1 Å². The summed E-state index contributed by atoms with van der Waals surface area (Å²) in [5.41, 5.74) is 1.09. The Kier molecular flexibility index (Phi) is 7.44. The summed E-state index contributed by atoms with van der Waals surface area (Å²) < 4.78 is 11.2. The number of hydrogen-bond acceptors (Lipinski definition) is 4. The van der Waals surface area contributed by atoms with E-state index in [-0.39, 0.29) is 11.0 Å². The maximum atomic E-state index is 12.2. The lowest BCUT2D eigenvalue weighted by molar-refractivity contribution is 0.0978. The molecule has 0 aliphatic rings. The van der Waals surface area contributed by atoms with Crippen LogP contribution in [0.1, 0.15) is 10.4 Å². The van der Waals surface area contributed by atoms with Crippen LogP contribution in [0, 0.1) is 0 Å². The number of para-hydroxylation sites is 1. The highest BCUT2D eigenvalue weighted by molar-refractivity contribution is 7.80. The molecule has 1 amide bonds. The second-order valence-corrected chi connectivity index (χ2v) is 6.74. The normalized spacial score (nSPS) is 10.1. The Balaban J connectivity index is 1.43. The van der Waals surface area contributed by atoms with E-state index in [1.807, 2.05) is 42.5 Å². The molecule has 0 atom stereocenters. The van der Waals surface area contributed by atoms with Gasteiger partial charge >= 0.3 is 0 Å². The molecule has 0 spiro atoms. The van der Waals surface area contributed by atoms with E-state index in [0.717, 1.165) is 11.4 Å². The van der Waals surface area contributed by atoms with Gasteiger partial charge in [0.1, 0.15) is 24.7 Å². The van der Waals surface area contributed by atoms with Crippen molar-refractivity contribution in [1.29, 1.82) is 0 Å². The van der Waals surface area contributed by atoms with Crippen LogP contribution in [0.25, 0.3) is 0 Å². The molecular formula is C22H19ClN2O3S. The summed E-state index contributed by atoms with van der Waals surface area (Å²) in [6, 6.07) is 23.6. The van der Waals surface area contributed by atoms with E-state index in [9.17, 15) is 4.79 Å². The molecule has 3 aromatic rings. The second-order valence-electron chi connectivity index (χ2n) is 5.92. The smallest absolute Gasteiger partial charge is 0.258 e. The predicted octanol–water partition coefficient (Wildman–Crippen LogP) is 4.92. The van der Waals surface area contributed by atoms with Crippen LogP contribution >= 0.6 is 23.8 Å². The Bertz CT molecular complexity index is 965. The molecule has 0 aliphatic carbocycles. The Morgan fingerprint density at radius 1 is 0.828 bits per heavy atom. The quantitative estimate of drug-likeness (QED) is 0.414. The van der Waals surface area contributed by atoms with Crippen LogP contribution in [0.5, 0.6) is 11.5 Å². The molecule has 0 aromatic heterocycles. The maximum absolute atomic E-state index is 12.2. The highest BCUT2D eigenvalue weighted by Crippen LogP contribution is 2.17. The molecular weight excluding hydrogens is 408 g/mol. The van der Waals surface area contributed by atoms with Crippen molar-refractivity contribution in [1.82, 2.24) is 5.32 Å². The molecule has 148 valence electrons. The van der Waals surface area contributed by atoms with Crippen molar-refractivity contribution in [3.05, 3.63) is 89.4 Å². The van der Waals surface area contributed by atoms with Crippen LogP contribution in [0.15, 0.2) is 78.9 Å². The van der Waals surface area contributed by atoms with E-state index in [1.165, 1.54) is 0 Å². The molecule has 5 nitrogen and oxygen atoms in total. The first-order chi connectivity index (χ1) is 14.1. The number of rotatable bonds is 7. The third kappa shape index (κ3) is 6.48. The first kappa shape index (κ1) is 20.6. The number of benzene rings is 3. The molecule has 0 heterocycles. The summed E-state index contributed by atoms with van der Waals surface area (Å²) in [6.45, 7) is 0.871. The maximum Gasteiger partial charge on any atom is 0.258 e. The van der Waals surface area contributed by atoms with Gasteiger partial charge in [0, 0.05) is 5.69 Å². The van der Waals surface area contributed by atoms with Crippen molar-refractivity contribution < 1.29 is 14.3 Å². The van der Waals surface area contributed by atoms with E-state index in [4.69, 9.17) is 33.3 Å². The van der Waals surface area contributed by atoms with Gasteiger partial charge < -0.3 is 14.8 Å². The molecule has 0 radical (unpaired) electrons. The van der Waals surface area contributed by atoms with Gasteiger partial charge in [-0.1, -0.05) is 41.9 Å². The number of halogens is 1. The molecule has 3 rings (SSSR count). The van der Waals surface area contributed by atoms with Gasteiger partial charge in [-0.2, -0.15) is 0 Å². The number of nitrogens with one attached hydrogen (secondary N) is 2. The molecule has 7 heteroatoms. The lowest BCUT2D eigenvalue weighted by Gasteiger charge is -2.11. The minimum atomic E-state index is -0.369. The number of carbonyl (C=O) groups excluding carboxylic acids is 1. The van der Waals surface area contributed by atoms with Crippen LogP contribution in [-0.2, 0) is 0 Å².